The van der Waals surface area contributed by atoms with Gasteiger partial charge in [-0.2, -0.15) is 5.10 Å². The molecule has 8 nitrogen and oxygen atoms in total. The summed E-state index contributed by atoms with van der Waals surface area (Å²) in [7, 11) is 0. The lowest BCUT2D eigenvalue weighted by Gasteiger charge is -2.30. The van der Waals surface area contributed by atoms with E-state index in [0.29, 0.717) is 23.6 Å². The van der Waals surface area contributed by atoms with Gasteiger partial charge in [0, 0.05) is 35.2 Å². The number of rotatable bonds is 8. The third-order valence-corrected chi connectivity index (χ3v) is 8.09. The fourth-order valence-corrected chi connectivity index (χ4v) is 5.62. The van der Waals surface area contributed by atoms with E-state index in [1.807, 2.05) is 85.8 Å². The van der Waals surface area contributed by atoms with E-state index >= 15 is 0 Å². The van der Waals surface area contributed by atoms with Crippen molar-refractivity contribution in [3.63, 3.8) is 0 Å². The minimum Gasteiger partial charge on any atom is -0.399 e. The number of piperidine rings is 1. The predicted molar refractivity (Wildman–Crippen MR) is 174 cm³/mol. The summed E-state index contributed by atoms with van der Waals surface area (Å²) < 4.78 is 1.76. The first-order valence-corrected chi connectivity index (χ1v) is 15.0. The zero-order valence-electron chi connectivity index (χ0n) is 25.5. The molecule has 1 atom stereocenters. The van der Waals surface area contributed by atoms with Gasteiger partial charge in [-0.15, -0.1) is 0 Å². The van der Waals surface area contributed by atoms with Gasteiger partial charge >= 0.3 is 6.03 Å². The van der Waals surface area contributed by atoms with Crippen molar-refractivity contribution in [2.75, 3.05) is 29.5 Å². The summed E-state index contributed by atoms with van der Waals surface area (Å²) >= 11 is 0. The highest BCUT2D eigenvalue weighted by molar-refractivity contribution is 5.99. The summed E-state index contributed by atoms with van der Waals surface area (Å²) in [6, 6.07) is 24.8. The Bertz CT molecular complexity index is 1540. The van der Waals surface area contributed by atoms with Gasteiger partial charge in [-0.25, -0.2) is 9.48 Å². The fraction of sp³-hybridized carbons (Fsp3) is 0.343. The Morgan fingerprint density at radius 3 is 2.23 bits per heavy atom. The van der Waals surface area contributed by atoms with Gasteiger partial charge in [-0.05, 0) is 86.3 Å². The smallest absolute Gasteiger partial charge is 0.324 e. The maximum absolute atomic E-state index is 13.7. The quantitative estimate of drug-likeness (QED) is 0.176. The average molecular weight is 579 g/mol. The number of carbonyl (C=O) groups excluding carboxylic acids is 2. The van der Waals surface area contributed by atoms with E-state index in [0.717, 1.165) is 54.0 Å². The third-order valence-electron chi connectivity index (χ3n) is 8.09. The van der Waals surface area contributed by atoms with Crippen molar-refractivity contribution in [1.82, 2.24) is 15.1 Å². The second-order valence-electron chi connectivity index (χ2n) is 12.6. The van der Waals surface area contributed by atoms with Crippen molar-refractivity contribution in [2.24, 2.45) is 5.92 Å². The average Bonchev–Trinajstić information content (AvgIpc) is 3.40. The lowest BCUT2D eigenvalue weighted by molar-refractivity contribution is -0.121. The molecule has 1 fully saturated rings. The highest BCUT2D eigenvalue weighted by Crippen LogP contribution is 2.34. The van der Waals surface area contributed by atoms with Gasteiger partial charge in [0.25, 0.3) is 0 Å². The number of carbonyl (C=O) groups is 2. The predicted octanol–water partition coefficient (Wildman–Crippen LogP) is 6.60. The van der Waals surface area contributed by atoms with Crippen LogP contribution in [0.3, 0.4) is 0 Å². The molecule has 1 aliphatic rings. The second kappa shape index (κ2) is 12.8. The van der Waals surface area contributed by atoms with Crippen molar-refractivity contribution in [3.8, 4) is 5.69 Å². The van der Waals surface area contributed by atoms with Crippen molar-refractivity contribution in [3.05, 3.63) is 101 Å². The van der Waals surface area contributed by atoms with Crippen molar-refractivity contribution in [1.29, 1.82) is 0 Å². The Kier molecular flexibility index (Phi) is 8.97. The molecule has 0 aliphatic carbocycles. The molecule has 4 aromatic rings. The minimum atomic E-state index is -0.365. The van der Waals surface area contributed by atoms with Crippen LogP contribution in [0, 0.1) is 12.8 Å². The van der Waals surface area contributed by atoms with Gasteiger partial charge < -0.3 is 16.4 Å². The van der Waals surface area contributed by atoms with Crippen molar-refractivity contribution < 1.29 is 9.59 Å². The summed E-state index contributed by atoms with van der Waals surface area (Å²) in [5, 5.41) is 14.1. The number of nitrogens with one attached hydrogen (secondary N) is 3. The molecule has 2 amide bonds. The number of urea groups is 1. The molecule has 43 heavy (non-hydrogen) atoms. The van der Waals surface area contributed by atoms with E-state index in [2.05, 4.69) is 36.7 Å². The SMILES string of the molecule is Cc1ccc(-n2nc(C(C)(C)C)cc2NC(=O)Nc2ccc(C(C(=O)Cc3ccc(N)cc3)C3CCNCC3)cc2)cc1. The highest BCUT2D eigenvalue weighted by Gasteiger charge is 2.31. The van der Waals surface area contributed by atoms with Crippen LogP contribution in [0.5, 0.6) is 0 Å². The van der Waals surface area contributed by atoms with Crippen LogP contribution in [0.25, 0.3) is 5.69 Å². The number of aromatic nitrogens is 2. The normalized spacial score (nSPS) is 14.7. The van der Waals surface area contributed by atoms with Crippen LogP contribution in [0.1, 0.15) is 61.9 Å². The van der Waals surface area contributed by atoms with Gasteiger partial charge in [-0.1, -0.05) is 62.7 Å². The molecule has 0 radical (unpaired) electrons. The van der Waals surface area contributed by atoms with Crippen LogP contribution in [0.4, 0.5) is 22.0 Å². The lowest BCUT2D eigenvalue weighted by atomic mass is 9.76. The summed E-state index contributed by atoms with van der Waals surface area (Å²) in [5.41, 5.74) is 11.8. The summed E-state index contributed by atoms with van der Waals surface area (Å²) in [6.45, 7) is 10.1. The molecule has 2 heterocycles. The minimum absolute atomic E-state index is 0.186. The highest BCUT2D eigenvalue weighted by atomic mass is 16.2. The number of aryl methyl sites for hydroxylation is 1. The third kappa shape index (κ3) is 7.51. The molecule has 3 aromatic carbocycles. The molecular formula is C35H42N6O2. The first kappa shape index (κ1) is 30.0. The van der Waals surface area contributed by atoms with Crippen LogP contribution in [0.2, 0.25) is 0 Å². The number of amides is 2. The molecular weight excluding hydrogens is 536 g/mol. The van der Waals surface area contributed by atoms with Gasteiger partial charge in [0.1, 0.15) is 11.6 Å². The second-order valence-corrected chi connectivity index (χ2v) is 12.6. The number of nitrogen functional groups attached to an aromatic ring is 1. The topological polar surface area (TPSA) is 114 Å². The first-order chi connectivity index (χ1) is 20.6. The molecule has 1 aliphatic heterocycles. The first-order valence-electron chi connectivity index (χ1n) is 15.0. The maximum atomic E-state index is 13.7. The Morgan fingerprint density at radius 2 is 1.60 bits per heavy atom. The number of hydrogen-bond acceptors (Lipinski definition) is 5. The molecule has 1 unspecified atom stereocenters. The zero-order valence-corrected chi connectivity index (χ0v) is 25.5. The van der Waals surface area contributed by atoms with E-state index in [4.69, 9.17) is 10.8 Å². The van der Waals surface area contributed by atoms with Crippen LogP contribution >= 0.6 is 0 Å². The summed E-state index contributed by atoms with van der Waals surface area (Å²) in [6.07, 6.45) is 2.26. The molecule has 224 valence electrons. The number of benzene rings is 3. The number of nitrogens with zero attached hydrogens (tertiary/aromatic N) is 2. The Hall–Kier alpha value is -4.43. The van der Waals surface area contributed by atoms with Crippen LogP contribution in [-0.2, 0) is 16.6 Å². The summed E-state index contributed by atoms with van der Waals surface area (Å²) in [4.78, 5) is 26.8. The molecule has 0 saturated carbocycles. The monoisotopic (exact) mass is 578 g/mol. The van der Waals surface area contributed by atoms with Crippen molar-refractivity contribution in [2.45, 2.75) is 58.3 Å². The molecule has 5 N–H and O–H groups in total. The molecule has 1 aromatic heterocycles. The Balaban J connectivity index is 1.32. The Labute approximate surface area is 254 Å². The van der Waals surface area contributed by atoms with Crippen LogP contribution in [0.15, 0.2) is 78.9 Å². The maximum Gasteiger partial charge on any atom is 0.324 e. The van der Waals surface area contributed by atoms with Crippen molar-refractivity contribution >= 4 is 29.0 Å². The fourth-order valence-electron chi connectivity index (χ4n) is 5.62. The van der Waals surface area contributed by atoms with E-state index in [9.17, 15) is 9.59 Å². The van der Waals surface area contributed by atoms with Gasteiger partial charge in [0.2, 0.25) is 0 Å². The van der Waals surface area contributed by atoms with E-state index in [1.54, 1.807) is 4.68 Å². The molecule has 5 rings (SSSR count). The summed E-state index contributed by atoms with van der Waals surface area (Å²) in [5.74, 6) is 0.849. The molecule has 1 saturated heterocycles. The van der Waals surface area contributed by atoms with E-state index in [-0.39, 0.29) is 29.1 Å². The number of Topliss-reactive ketones (excluding diaryl/α,β-unsaturated/α-hetero) is 1. The molecule has 0 bridgehead atoms. The van der Waals surface area contributed by atoms with Gasteiger partial charge in [-0.3, -0.25) is 10.1 Å². The number of nitrogens with two attached hydrogens (primary N) is 1. The number of hydrogen-bond donors (Lipinski definition) is 4. The largest absolute Gasteiger partial charge is 0.399 e. The standard InChI is InChI=1S/C35H42N6O2/c1-23-5-15-29(16-6-23)41-32(22-31(40-41)35(2,3)4)39-34(43)38-28-13-9-25(10-14-28)33(26-17-19-37-20-18-26)30(42)21-24-7-11-27(36)12-8-24/h5-16,22,26,33,37H,17-21,36H2,1-4H3,(H2,38,39,43). The number of ketones is 1. The van der Waals surface area contributed by atoms with Gasteiger partial charge in [0.05, 0.1) is 11.4 Å². The zero-order chi connectivity index (χ0) is 30.6. The number of anilines is 3. The van der Waals surface area contributed by atoms with Crippen LogP contribution < -0.4 is 21.7 Å². The van der Waals surface area contributed by atoms with E-state index < -0.39 is 0 Å². The van der Waals surface area contributed by atoms with Crippen LogP contribution in [-0.4, -0.2) is 34.7 Å². The Morgan fingerprint density at radius 1 is 0.953 bits per heavy atom. The molecule has 0 spiro atoms. The van der Waals surface area contributed by atoms with Gasteiger partial charge in [0.15, 0.2) is 0 Å². The molecule has 8 heteroatoms. The van der Waals surface area contributed by atoms with E-state index in [1.165, 1.54) is 0 Å². The lowest BCUT2D eigenvalue weighted by Crippen LogP contribution is -2.34.